The van der Waals surface area contributed by atoms with E-state index < -0.39 is 0 Å². The van der Waals surface area contributed by atoms with Crippen LogP contribution in [-0.2, 0) is 5.41 Å². The second-order valence-corrected chi connectivity index (χ2v) is 6.89. The Morgan fingerprint density at radius 3 is 2.63 bits per heavy atom. The minimum atomic E-state index is -0.226. The van der Waals surface area contributed by atoms with Crippen LogP contribution in [-0.4, -0.2) is 25.8 Å². The summed E-state index contributed by atoms with van der Waals surface area (Å²) >= 11 is 0. The number of fused-ring (bicyclic) bond motifs is 1. The van der Waals surface area contributed by atoms with Crippen LogP contribution < -0.4 is 15.1 Å². The molecule has 0 aliphatic carbocycles. The molecule has 5 nitrogen and oxygen atoms in total. The Morgan fingerprint density at radius 1 is 1.22 bits per heavy atom. The van der Waals surface area contributed by atoms with Crippen LogP contribution in [0.1, 0.15) is 36.7 Å². The molecule has 0 spiro atoms. The summed E-state index contributed by atoms with van der Waals surface area (Å²) in [5.74, 6) is 0.624. The van der Waals surface area contributed by atoms with Crippen molar-refractivity contribution in [2.75, 3.05) is 18.6 Å². The average Bonchev–Trinajstić information content (AvgIpc) is 2.91. The number of likely N-dealkylation sites (N-methyl/N-ethyl adjacent to an activating group) is 1. The lowest BCUT2D eigenvalue weighted by molar-refractivity contribution is 0.0955. The van der Waals surface area contributed by atoms with Gasteiger partial charge in [0.05, 0.1) is 7.11 Å². The van der Waals surface area contributed by atoms with Gasteiger partial charge in [-0.25, -0.2) is 5.43 Å². The van der Waals surface area contributed by atoms with E-state index in [-0.39, 0.29) is 11.3 Å². The monoisotopic (exact) mass is 363 g/mol. The van der Waals surface area contributed by atoms with Gasteiger partial charge in [0.15, 0.2) is 0 Å². The number of nitrogens with one attached hydrogen (secondary N) is 1. The smallest absolute Gasteiger partial charge is 0.271 e. The molecule has 1 amide bonds. The first-order chi connectivity index (χ1) is 13.0. The normalized spacial score (nSPS) is 16.6. The zero-order valence-corrected chi connectivity index (χ0v) is 16.2. The Bertz CT molecular complexity index is 886. The maximum atomic E-state index is 12.1. The van der Waals surface area contributed by atoms with Gasteiger partial charge in [-0.1, -0.05) is 32.0 Å². The quantitative estimate of drug-likeness (QED) is 0.642. The van der Waals surface area contributed by atoms with Crippen LogP contribution in [0.15, 0.2) is 65.4 Å². The molecule has 140 valence electrons. The molecular weight excluding hydrogens is 338 g/mol. The number of hydrogen-bond acceptors (Lipinski definition) is 4. The molecule has 0 aromatic heterocycles. The molecule has 0 bridgehead atoms. The van der Waals surface area contributed by atoms with Crippen molar-refractivity contribution in [2.45, 2.75) is 26.2 Å². The summed E-state index contributed by atoms with van der Waals surface area (Å²) in [6.45, 7) is 7.34. The molecule has 1 aliphatic rings. The van der Waals surface area contributed by atoms with Crippen molar-refractivity contribution in [3.8, 4) is 5.75 Å². The topological polar surface area (TPSA) is 53.9 Å². The second-order valence-electron chi connectivity index (χ2n) is 6.89. The van der Waals surface area contributed by atoms with Crippen molar-refractivity contribution in [1.29, 1.82) is 0 Å². The summed E-state index contributed by atoms with van der Waals surface area (Å²) < 4.78 is 5.39. The molecule has 0 fully saturated rings. The number of anilines is 1. The van der Waals surface area contributed by atoms with E-state index in [0.29, 0.717) is 5.56 Å². The number of benzene rings is 2. The number of carbonyl (C=O) groups excluding carboxylic acids is 1. The maximum absolute atomic E-state index is 12.1. The minimum Gasteiger partial charge on any atom is -0.497 e. The zero-order valence-electron chi connectivity index (χ0n) is 16.2. The van der Waals surface area contributed by atoms with E-state index >= 15 is 0 Å². The standard InChI is InChI=1S/C22H25N3O2/c1-5-25-19-12-11-17(27-4)15-18(19)22(2,3)20(25)13-14-23-24-21(26)16-9-7-6-8-10-16/h6-15H,5H2,1-4H3,(H,24,26)/b20-13-,23-14+. The SMILES string of the molecule is CCN1/C(=C\C=N\NC(=O)c2ccccc2)C(C)(C)c2cc(OC)ccc21. The third-order valence-electron chi connectivity index (χ3n) is 4.92. The highest BCUT2D eigenvalue weighted by Crippen LogP contribution is 2.48. The van der Waals surface area contributed by atoms with Crippen LogP contribution in [0.25, 0.3) is 0 Å². The number of rotatable bonds is 5. The molecule has 0 unspecified atom stereocenters. The van der Waals surface area contributed by atoms with Gasteiger partial charge in [-0.05, 0) is 48.9 Å². The van der Waals surface area contributed by atoms with Gasteiger partial charge in [-0.2, -0.15) is 5.10 Å². The highest BCUT2D eigenvalue weighted by atomic mass is 16.5. The predicted molar refractivity (Wildman–Crippen MR) is 110 cm³/mol. The number of hydrogen-bond donors (Lipinski definition) is 1. The Balaban J connectivity index is 1.81. The molecule has 0 atom stereocenters. The molecule has 3 rings (SSSR count). The van der Waals surface area contributed by atoms with Crippen molar-refractivity contribution in [2.24, 2.45) is 5.10 Å². The molecule has 0 radical (unpaired) electrons. The van der Waals surface area contributed by atoms with E-state index in [1.54, 1.807) is 25.5 Å². The van der Waals surface area contributed by atoms with Gasteiger partial charge in [0.1, 0.15) is 5.75 Å². The third-order valence-corrected chi connectivity index (χ3v) is 4.92. The van der Waals surface area contributed by atoms with Crippen molar-refractivity contribution >= 4 is 17.8 Å². The van der Waals surface area contributed by atoms with Crippen molar-refractivity contribution in [3.63, 3.8) is 0 Å². The maximum Gasteiger partial charge on any atom is 0.271 e. The number of allylic oxidation sites excluding steroid dienone is 2. The van der Waals surface area contributed by atoms with E-state index in [9.17, 15) is 4.79 Å². The van der Waals surface area contributed by atoms with Crippen LogP contribution in [0.5, 0.6) is 5.75 Å². The van der Waals surface area contributed by atoms with Gasteiger partial charge in [0.25, 0.3) is 5.91 Å². The predicted octanol–water partition coefficient (Wildman–Crippen LogP) is 4.11. The van der Waals surface area contributed by atoms with Crippen LogP contribution in [0.3, 0.4) is 0 Å². The van der Waals surface area contributed by atoms with E-state index in [0.717, 1.165) is 18.0 Å². The number of amides is 1. The lowest BCUT2D eigenvalue weighted by Gasteiger charge is -2.25. The molecule has 0 saturated heterocycles. The van der Waals surface area contributed by atoms with Gasteiger partial charge >= 0.3 is 0 Å². The minimum absolute atomic E-state index is 0.185. The summed E-state index contributed by atoms with van der Waals surface area (Å²) in [7, 11) is 1.68. The summed E-state index contributed by atoms with van der Waals surface area (Å²) in [4.78, 5) is 14.3. The van der Waals surface area contributed by atoms with Crippen LogP contribution >= 0.6 is 0 Å². The Morgan fingerprint density at radius 2 is 1.96 bits per heavy atom. The first kappa shape index (κ1) is 18.7. The van der Waals surface area contributed by atoms with Crippen LogP contribution in [0.2, 0.25) is 0 Å². The molecule has 27 heavy (non-hydrogen) atoms. The zero-order chi connectivity index (χ0) is 19.4. The number of hydrazone groups is 1. The molecule has 2 aromatic rings. The molecule has 2 aromatic carbocycles. The van der Waals surface area contributed by atoms with Crippen LogP contribution in [0.4, 0.5) is 5.69 Å². The van der Waals surface area contributed by atoms with E-state index in [1.165, 1.54) is 11.3 Å². The number of ether oxygens (including phenoxy) is 1. The first-order valence-electron chi connectivity index (χ1n) is 9.04. The van der Waals surface area contributed by atoms with E-state index in [2.05, 4.69) is 48.3 Å². The summed E-state index contributed by atoms with van der Waals surface area (Å²) in [6.07, 6.45) is 3.60. The number of methoxy groups -OCH3 is 1. The van der Waals surface area contributed by atoms with Crippen molar-refractivity contribution in [1.82, 2.24) is 5.43 Å². The first-order valence-corrected chi connectivity index (χ1v) is 9.04. The Kier molecular flexibility index (Phi) is 5.31. The molecular formula is C22H25N3O2. The van der Waals surface area contributed by atoms with Gasteiger partial charge in [0.2, 0.25) is 0 Å². The Hall–Kier alpha value is -3.08. The Labute approximate surface area is 160 Å². The molecule has 1 aliphatic heterocycles. The molecule has 0 saturated carbocycles. The second kappa shape index (κ2) is 7.66. The van der Waals surface area contributed by atoms with Crippen molar-refractivity contribution < 1.29 is 9.53 Å². The van der Waals surface area contributed by atoms with Crippen LogP contribution in [0, 0.1) is 0 Å². The van der Waals surface area contributed by atoms with E-state index in [1.807, 2.05) is 30.3 Å². The van der Waals surface area contributed by atoms with Gasteiger partial charge < -0.3 is 9.64 Å². The molecule has 1 N–H and O–H groups in total. The molecule has 5 heteroatoms. The summed E-state index contributed by atoms with van der Waals surface area (Å²) in [5.41, 5.74) is 6.49. The largest absolute Gasteiger partial charge is 0.497 e. The summed E-state index contributed by atoms with van der Waals surface area (Å²) in [6, 6.07) is 15.2. The highest BCUT2D eigenvalue weighted by Gasteiger charge is 2.39. The fraction of sp³-hybridized carbons (Fsp3) is 0.273. The lowest BCUT2D eigenvalue weighted by Crippen LogP contribution is -2.26. The average molecular weight is 363 g/mol. The fourth-order valence-electron chi connectivity index (χ4n) is 3.48. The van der Waals surface area contributed by atoms with Crippen molar-refractivity contribution in [3.05, 3.63) is 71.4 Å². The highest BCUT2D eigenvalue weighted by molar-refractivity contribution is 5.94. The lowest BCUT2D eigenvalue weighted by atomic mass is 9.83. The van der Waals surface area contributed by atoms with Gasteiger partial charge in [-0.3, -0.25) is 4.79 Å². The fourth-order valence-corrected chi connectivity index (χ4v) is 3.48. The summed E-state index contributed by atoms with van der Waals surface area (Å²) in [5, 5.41) is 4.09. The molecule has 1 heterocycles. The third kappa shape index (κ3) is 3.58. The van der Waals surface area contributed by atoms with E-state index in [4.69, 9.17) is 4.74 Å². The number of carbonyl (C=O) groups is 1. The van der Waals surface area contributed by atoms with Gasteiger partial charge in [0, 0.05) is 35.1 Å². The van der Waals surface area contributed by atoms with Gasteiger partial charge in [-0.15, -0.1) is 0 Å². The number of nitrogens with zero attached hydrogens (tertiary/aromatic N) is 2.